The summed E-state index contributed by atoms with van der Waals surface area (Å²) in [5, 5.41) is 2.16. The topological polar surface area (TPSA) is 0 Å². The molecule has 0 N–H and O–H groups in total. The summed E-state index contributed by atoms with van der Waals surface area (Å²) in [6.07, 6.45) is 6.85. The van der Waals surface area contributed by atoms with Gasteiger partial charge in [-0.3, -0.25) is 0 Å². The van der Waals surface area contributed by atoms with E-state index in [0.29, 0.717) is 0 Å². The molecule has 0 fully saturated rings. The first-order valence-electron chi connectivity index (χ1n) is 4.55. The standard InChI is InChI=1S/C12H14S/c1-9-8-12(2,3)6-4-10-5-7-13-11(9)10/h4-8H,1-3H3. The van der Waals surface area contributed by atoms with Crippen LogP contribution in [0.4, 0.5) is 0 Å². The number of rotatable bonds is 0. The van der Waals surface area contributed by atoms with Crippen LogP contribution < -0.4 is 0 Å². The summed E-state index contributed by atoms with van der Waals surface area (Å²) in [7, 11) is 0. The van der Waals surface area contributed by atoms with Crippen molar-refractivity contribution in [3.63, 3.8) is 0 Å². The minimum atomic E-state index is 0.197. The van der Waals surface area contributed by atoms with Crippen LogP contribution in [0.1, 0.15) is 31.2 Å². The number of fused-ring (bicyclic) bond motifs is 1. The number of allylic oxidation sites excluding steroid dienone is 3. The van der Waals surface area contributed by atoms with Crippen molar-refractivity contribution in [3.05, 3.63) is 34.0 Å². The zero-order valence-electron chi connectivity index (χ0n) is 8.29. The van der Waals surface area contributed by atoms with E-state index in [1.54, 1.807) is 0 Å². The number of hydrogen-bond acceptors (Lipinski definition) is 1. The molecule has 0 saturated carbocycles. The largest absolute Gasteiger partial charge is 0.144 e. The Morgan fingerprint density at radius 2 is 2.08 bits per heavy atom. The van der Waals surface area contributed by atoms with Crippen LogP contribution in [0.15, 0.2) is 23.6 Å². The summed E-state index contributed by atoms with van der Waals surface area (Å²) in [4.78, 5) is 1.42. The molecule has 0 bridgehead atoms. The molecule has 1 heterocycles. The highest BCUT2D eigenvalue weighted by atomic mass is 32.1. The van der Waals surface area contributed by atoms with Crippen molar-refractivity contribution in [2.24, 2.45) is 5.41 Å². The second-order valence-corrected chi connectivity index (χ2v) is 5.10. The first kappa shape index (κ1) is 8.76. The van der Waals surface area contributed by atoms with Crippen molar-refractivity contribution in [3.8, 4) is 0 Å². The molecular weight excluding hydrogens is 176 g/mol. The molecule has 1 aromatic heterocycles. The van der Waals surface area contributed by atoms with Crippen LogP contribution in [0.25, 0.3) is 11.6 Å². The molecule has 1 heteroatoms. The molecule has 0 unspecified atom stereocenters. The fraction of sp³-hybridized carbons (Fsp3) is 0.333. The first-order chi connectivity index (χ1) is 6.08. The summed E-state index contributed by atoms with van der Waals surface area (Å²) in [6, 6.07) is 2.19. The second-order valence-electron chi connectivity index (χ2n) is 4.19. The van der Waals surface area contributed by atoms with Crippen molar-refractivity contribution >= 4 is 23.0 Å². The average Bonchev–Trinajstić information content (AvgIpc) is 2.43. The molecule has 1 aliphatic rings. The molecule has 13 heavy (non-hydrogen) atoms. The summed E-state index contributed by atoms with van der Waals surface area (Å²) in [5.74, 6) is 0. The van der Waals surface area contributed by atoms with E-state index in [1.165, 1.54) is 16.0 Å². The van der Waals surface area contributed by atoms with Crippen LogP contribution in [0.3, 0.4) is 0 Å². The van der Waals surface area contributed by atoms with Gasteiger partial charge in [-0.1, -0.05) is 32.1 Å². The molecule has 0 spiro atoms. The fourth-order valence-electron chi connectivity index (χ4n) is 1.75. The van der Waals surface area contributed by atoms with E-state index in [4.69, 9.17) is 0 Å². The van der Waals surface area contributed by atoms with Gasteiger partial charge in [0.15, 0.2) is 0 Å². The van der Waals surface area contributed by atoms with Gasteiger partial charge in [-0.15, -0.1) is 11.3 Å². The first-order valence-corrected chi connectivity index (χ1v) is 5.43. The van der Waals surface area contributed by atoms with Gasteiger partial charge in [-0.25, -0.2) is 0 Å². The molecule has 0 amide bonds. The van der Waals surface area contributed by atoms with Crippen molar-refractivity contribution < 1.29 is 0 Å². The lowest BCUT2D eigenvalue weighted by Crippen LogP contribution is -2.01. The van der Waals surface area contributed by atoms with Crippen LogP contribution in [0, 0.1) is 5.41 Å². The van der Waals surface area contributed by atoms with Gasteiger partial charge in [0.1, 0.15) is 0 Å². The number of hydrogen-bond donors (Lipinski definition) is 0. The average molecular weight is 190 g/mol. The molecule has 0 nitrogen and oxygen atoms in total. The Morgan fingerprint density at radius 1 is 1.31 bits per heavy atom. The maximum atomic E-state index is 2.34. The van der Waals surface area contributed by atoms with E-state index in [2.05, 4.69) is 50.4 Å². The van der Waals surface area contributed by atoms with Crippen molar-refractivity contribution in [1.82, 2.24) is 0 Å². The Morgan fingerprint density at radius 3 is 2.85 bits per heavy atom. The predicted octanol–water partition coefficient (Wildman–Crippen LogP) is 4.20. The molecule has 0 saturated heterocycles. The van der Waals surface area contributed by atoms with Crippen LogP contribution >= 0.6 is 11.3 Å². The van der Waals surface area contributed by atoms with Crippen molar-refractivity contribution in [1.29, 1.82) is 0 Å². The zero-order valence-corrected chi connectivity index (χ0v) is 9.11. The van der Waals surface area contributed by atoms with Crippen LogP contribution in [0.5, 0.6) is 0 Å². The highest BCUT2D eigenvalue weighted by Crippen LogP contribution is 2.34. The quantitative estimate of drug-likeness (QED) is 0.575. The lowest BCUT2D eigenvalue weighted by atomic mass is 9.92. The lowest BCUT2D eigenvalue weighted by molar-refractivity contribution is 0.631. The van der Waals surface area contributed by atoms with Gasteiger partial charge in [0.05, 0.1) is 0 Å². The highest BCUT2D eigenvalue weighted by molar-refractivity contribution is 7.11. The third-order valence-corrected chi connectivity index (χ3v) is 3.40. The normalized spacial score (nSPS) is 19.2. The monoisotopic (exact) mass is 190 g/mol. The van der Waals surface area contributed by atoms with Crippen LogP contribution in [-0.4, -0.2) is 0 Å². The third kappa shape index (κ3) is 1.61. The van der Waals surface area contributed by atoms with Gasteiger partial charge in [-0.2, -0.15) is 0 Å². The van der Waals surface area contributed by atoms with Crippen LogP contribution in [0.2, 0.25) is 0 Å². The maximum Gasteiger partial charge on any atom is 0.0368 e. The van der Waals surface area contributed by atoms with E-state index < -0.39 is 0 Å². The summed E-state index contributed by atoms with van der Waals surface area (Å²) in [6.45, 7) is 6.68. The van der Waals surface area contributed by atoms with Gasteiger partial charge in [0.2, 0.25) is 0 Å². The predicted molar refractivity (Wildman–Crippen MR) is 60.8 cm³/mol. The Kier molecular flexibility index (Phi) is 1.92. The van der Waals surface area contributed by atoms with Crippen LogP contribution in [-0.2, 0) is 0 Å². The van der Waals surface area contributed by atoms with Gasteiger partial charge in [-0.05, 0) is 29.5 Å². The molecule has 2 rings (SSSR count). The molecule has 0 aromatic carbocycles. The molecule has 1 aliphatic carbocycles. The maximum absolute atomic E-state index is 2.34. The Hall–Kier alpha value is -0.820. The molecule has 0 aliphatic heterocycles. The zero-order chi connectivity index (χ0) is 9.47. The summed E-state index contributed by atoms with van der Waals surface area (Å²) >= 11 is 1.83. The molecule has 68 valence electrons. The van der Waals surface area contributed by atoms with E-state index in [-0.39, 0.29) is 5.41 Å². The van der Waals surface area contributed by atoms with Gasteiger partial charge < -0.3 is 0 Å². The Balaban J connectivity index is 2.58. The number of thiophene rings is 1. The van der Waals surface area contributed by atoms with E-state index in [9.17, 15) is 0 Å². The van der Waals surface area contributed by atoms with Gasteiger partial charge in [0.25, 0.3) is 0 Å². The molecule has 1 aromatic rings. The summed E-state index contributed by atoms with van der Waals surface area (Å²) < 4.78 is 0. The minimum absolute atomic E-state index is 0.197. The lowest BCUT2D eigenvalue weighted by Gasteiger charge is -2.13. The Labute approximate surface area is 83.6 Å². The molecule has 0 radical (unpaired) electrons. The minimum Gasteiger partial charge on any atom is -0.144 e. The van der Waals surface area contributed by atoms with Crippen molar-refractivity contribution in [2.45, 2.75) is 20.8 Å². The van der Waals surface area contributed by atoms with Crippen molar-refractivity contribution in [2.75, 3.05) is 0 Å². The SMILES string of the molecule is CC1=CC(C)(C)C=Cc2ccsc21. The fourth-order valence-corrected chi connectivity index (χ4v) is 2.61. The van der Waals surface area contributed by atoms with E-state index in [1.807, 2.05) is 11.3 Å². The second kappa shape index (κ2) is 2.85. The summed E-state index contributed by atoms with van der Waals surface area (Å²) in [5.41, 5.74) is 2.97. The molecule has 0 atom stereocenters. The van der Waals surface area contributed by atoms with Gasteiger partial charge >= 0.3 is 0 Å². The smallest absolute Gasteiger partial charge is 0.0368 e. The van der Waals surface area contributed by atoms with E-state index in [0.717, 1.165) is 0 Å². The molecular formula is C12H14S. The Bertz CT molecular complexity index is 378. The van der Waals surface area contributed by atoms with Gasteiger partial charge in [0, 0.05) is 10.3 Å². The van der Waals surface area contributed by atoms with E-state index >= 15 is 0 Å². The third-order valence-electron chi connectivity index (χ3n) is 2.33. The highest BCUT2D eigenvalue weighted by Gasteiger charge is 2.16.